The first-order valence-corrected chi connectivity index (χ1v) is 11.4. The topological polar surface area (TPSA) is 79.8 Å². The molecule has 6 nitrogen and oxygen atoms in total. The van der Waals surface area contributed by atoms with Gasteiger partial charge in [-0.1, -0.05) is 36.4 Å². The van der Waals surface area contributed by atoms with E-state index in [1.54, 1.807) is 7.11 Å². The number of hydrogen-bond donors (Lipinski definition) is 2. The summed E-state index contributed by atoms with van der Waals surface area (Å²) in [5.41, 5.74) is 3.05. The third-order valence-electron chi connectivity index (χ3n) is 4.08. The van der Waals surface area contributed by atoms with Crippen molar-refractivity contribution in [2.24, 2.45) is 4.99 Å². The minimum absolute atomic E-state index is 0.0616. The predicted octanol–water partition coefficient (Wildman–Crippen LogP) is 2.54. The van der Waals surface area contributed by atoms with E-state index in [-0.39, 0.29) is 5.75 Å². The predicted molar refractivity (Wildman–Crippen MR) is 115 cm³/mol. The van der Waals surface area contributed by atoms with E-state index in [1.807, 2.05) is 43.3 Å². The lowest BCUT2D eigenvalue weighted by molar-refractivity contribution is 0.414. The number of guanidine groups is 1. The number of aliphatic imine (C=N–C) groups is 1. The highest BCUT2D eigenvalue weighted by Crippen LogP contribution is 2.11. The van der Waals surface area contributed by atoms with Crippen molar-refractivity contribution < 1.29 is 13.2 Å². The molecule has 0 aliphatic carbocycles. The van der Waals surface area contributed by atoms with E-state index < -0.39 is 9.84 Å². The van der Waals surface area contributed by atoms with E-state index in [1.165, 1.54) is 11.8 Å². The molecule has 0 atom stereocenters. The third kappa shape index (κ3) is 8.00. The number of benzene rings is 2. The fourth-order valence-electron chi connectivity index (χ4n) is 2.67. The number of nitrogens with one attached hydrogen (secondary N) is 2. The minimum atomic E-state index is -3.01. The van der Waals surface area contributed by atoms with Crippen LogP contribution in [0.1, 0.15) is 23.6 Å². The molecule has 0 saturated carbocycles. The van der Waals surface area contributed by atoms with Crippen molar-refractivity contribution >= 4 is 15.8 Å². The van der Waals surface area contributed by atoms with E-state index in [2.05, 4.69) is 27.8 Å². The number of hydrogen-bond acceptors (Lipinski definition) is 4. The summed E-state index contributed by atoms with van der Waals surface area (Å²) in [6.45, 7) is 4.10. The lowest BCUT2D eigenvalue weighted by Gasteiger charge is -2.11. The second kappa shape index (κ2) is 10.7. The van der Waals surface area contributed by atoms with Crippen molar-refractivity contribution in [2.75, 3.05) is 26.5 Å². The molecule has 2 aromatic rings. The molecule has 2 rings (SSSR count). The molecule has 0 fully saturated rings. The number of ether oxygens (including phenoxy) is 1. The molecule has 7 heteroatoms. The maximum absolute atomic E-state index is 11.4. The molecule has 2 N–H and O–H groups in total. The second-order valence-corrected chi connectivity index (χ2v) is 8.75. The Hall–Kier alpha value is -2.54. The molecule has 0 radical (unpaired) electrons. The van der Waals surface area contributed by atoms with Crippen LogP contribution >= 0.6 is 0 Å². The van der Waals surface area contributed by atoms with Crippen LogP contribution in [0.25, 0.3) is 0 Å². The molecule has 0 amide bonds. The quantitative estimate of drug-likeness (QED) is 0.497. The van der Waals surface area contributed by atoms with Crippen molar-refractivity contribution in [1.29, 1.82) is 0 Å². The minimum Gasteiger partial charge on any atom is -0.497 e. The highest BCUT2D eigenvalue weighted by atomic mass is 32.2. The fraction of sp³-hybridized carbons (Fsp3) is 0.381. The van der Waals surface area contributed by atoms with E-state index in [0.29, 0.717) is 6.54 Å². The van der Waals surface area contributed by atoms with Crippen molar-refractivity contribution in [3.8, 4) is 5.75 Å². The monoisotopic (exact) mass is 403 g/mol. The van der Waals surface area contributed by atoms with Crippen LogP contribution in [-0.4, -0.2) is 40.8 Å². The van der Waals surface area contributed by atoms with Crippen molar-refractivity contribution in [3.05, 3.63) is 65.2 Å². The number of nitrogens with zero attached hydrogens (tertiary/aromatic N) is 1. The van der Waals surface area contributed by atoms with Gasteiger partial charge in [0.2, 0.25) is 0 Å². The Bertz CT molecular complexity index is 861. The number of methoxy groups -OCH3 is 1. The van der Waals surface area contributed by atoms with Crippen molar-refractivity contribution in [2.45, 2.75) is 25.6 Å². The molecule has 0 saturated heterocycles. The largest absolute Gasteiger partial charge is 0.497 e. The average molecular weight is 404 g/mol. The van der Waals surface area contributed by atoms with Crippen LogP contribution in [-0.2, 0) is 28.6 Å². The molecule has 0 bridgehead atoms. The molecule has 152 valence electrons. The molecule has 0 aliphatic rings. The molecule has 0 aliphatic heterocycles. The molecule has 0 spiro atoms. The molecular weight excluding hydrogens is 374 g/mol. The number of rotatable bonds is 9. The maximum atomic E-state index is 11.4. The average Bonchev–Trinajstić information content (AvgIpc) is 2.66. The molecule has 0 unspecified atom stereocenters. The summed E-state index contributed by atoms with van der Waals surface area (Å²) in [7, 11) is -1.35. The van der Waals surface area contributed by atoms with Gasteiger partial charge >= 0.3 is 0 Å². The van der Waals surface area contributed by atoms with Gasteiger partial charge in [-0.3, -0.25) is 0 Å². The first kappa shape index (κ1) is 21.8. The Balaban J connectivity index is 1.88. The highest BCUT2D eigenvalue weighted by molar-refractivity contribution is 7.89. The van der Waals surface area contributed by atoms with Gasteiger partial charge in [0.15, 0.2) is 15.8 Å². The van der Waals surface area contributed by atoms with Crippen LogP contribution in [0, 0.1) is 0 Å². The van der Waals surface area contributed by atoms with E-state index in [0.717, 1.165) is 42.3 Å². The van der Waals surface area contributed by atoms with E-state index >= 15 is 0 Å². The Morgan fingerprint density at radius 3 is 2.14 bits per heavy atom. The summed E-state index contributed by atoms with van der Waals surface area (Å²) in [6, 6.07) is 15.6. The van der Waals surface area contributed by atoms with Crippen LogP contribution in [0.3, 0.4) is 0 Å². The SMILES string of the molecule is CCNC(=NCc1ccc(CS(C)(=O)=O)cc1)NCCc1ccc(OC)cc1. The van der Waals surface area contributed by atoms with Crippen molar-refractivity contribution in [1.82, 2.24) is 10.6 Å². The molecule has 28 heavy (non-hydrogen) atoms. The lowest BCUT2D eigenvalue weighted by atomic mass is 10.1. The Labute approximate surface area is 168 Å². The first-order valence-electron chi connectivity index (χ1n) is 9.30. The Morgan fingerprint density at radius 2 is 1.57 bits per heavy atom. The van der Waals surface area contributed by atoms with E-state index in [9.17, 15) is 8.42 Å². The van der Waals surface area contributed by atoms with Gasteiger partial charge in [-0.15, -0.1) is 0 Å². The second-order valence-electron chi connectivity index (χ2n) is 6.61. The van der Waals surface area contributed by atoms with Gasteiger partial charge in [0.25, 0.3) is 0 Å². The standard InChI is InChI=1S/C21H29N3O3S/c1-4-22-21(23-14-13-17-9-11-20(27-2)12-10-17)24-15-18-5-7-19(8-6-18)16-28(3,25)26/h5-12H,4,13-16H2,1-3H3,(H2,22,23,24). The normalized spacial score (nSPS) is 11.9. The zero-order valence-electron chi connectivity index (χ0n) is 16.7. The molecule has 0 aromatic heterocycles. The molecule has 0 heterocycles. The summed E-state index contributed by atoms with van der Waals surface area (Å²) in [5.74, 6) is 1.68. The number of sulfone groups is 1. The van der Waals surface area contributed by atoms with Crippen LogP contribution in [0.2, 0.25) is 0 Å². The van der Waals surface area contributed by atoms with Gasteiger partial charge in [-0.25, -0.2) is 13.4 Å². The smallest absolute Gasteiger partial charge is 0.191 e. The van der Waals surface area contributed by atoms with Crippen LogP contribution in [0.15, 0.2) is 53.5 Å². The maximum Gasteiger partial charge on any atom is 0.191 e. The van der Waals surface area contributed by atoms with Gasteiger partial charge in [0, 0.05) is 19.3 Å². The van der Waals surface area contributed by atoms with Gasteiger partial charge in [0.1, 0.15) is 5.75 Å². The van der Waals surface area contributed by atoms with Crippen LogP contribution < -0.4 is 15.4 Å². The Morgan fingerprint density at radius 1 is 0.964 bits per heavy atom. The fourth-order valence-corrected chi connectivity index (χ4v) is 3.47. The molecular formula is C21H29N3O3S. The zero-order valence-corrected chi connectivity index (χ0v) is 17.6. The molecule has 2 aromatic carbocycles. The Kier molecular flexibility index (Phi) is 8.32. The first-order chi connectivity index (χ1) is 13.4. The van der Waals surface area contributed by atoms with Crippen LogP contribution in [0.4, 0.5) is 0 Å². The summed E-state index contributed by atoms with van der Waals surface area (Å²) in [4.78, 5) is 4.60. The summed E-state index contributed by atoms with van der Waals surface area (Å²) in [5, 5.41) is 6.58. The van der Waals surface area contributed by atoms with E-state index in [4.69, 9.17) is 4.74 Å². The van der Waals surface area contributed by atoms with Crippen LogP contribution in [0.5, 0.6) is 5.75 Å². The third-order valence-corrected chi connectivity index (χ3v) is 4.94. The summed E-state index contributed by atoms with van der Waals surface area (Å²) < 4.78 is 27.9. The lowest BCUT2D eigenvalue weighted by Crippen LogP contribution is -2.38. The van der Waals surface area contributed by atoms with Gasteiger partial charge in [-0.05, 0) is 42.2 Å². The van der Waals surface area contributed by atoms with Gasteiger partial charge in [0.05, 0.1) is 19.4 Å². The summed E-state index contributed by atoms with van der Waals surface area (Å²) >= 11 is 0. The van der Waals surface area contributed by atoms with Gasteiger partial charge in [-0.2, -0.15) is 0 Å². The van der Waals surface area contributed by atoms with Crippen molar-refractivity contribution in [3.63, 3.8) is 0 Å². The highest BCUT2D eigenvalue weighted by Gasteiger charge is 2.04. The van der Waals surface area contributed by atoms with Gasteiger partial charge < -0.3 is 15.4 Å². The summed E-state index contributed by atoms with van der Waals surface area (Å²) in [6.07, 6.45) is 2.13. The zero-order chi connectivity index (χ0) is 20.4.